The third-order valence-electron chi connectivity index (χ3n) is 9.14. The highest BCUT2D eigenvalue weighted by Crippen LogP contribution is 2.14. The molecule has 1 amide bonds. The van der Waals surface area contributed by atoms with Gasteiger partial charge in [-0.3, -0.25) is 4.79 Å². The predicted molar refractivity (Wildman–Crippen MR) is 208 cm³/mol. The number of carbonyl (C=O) groups excluding carboxylic acids is 2. The molecule has 49 heavy (non-hydrogen) atoms. The second-order valence-corrected chi connectivity index (χ2v) is 14.5. The zero-order valence-electron chi connectivity index (χ0n) is 33.1. The van der Waals surface area contributed by atoms with Gasteiger partial charge in [0, 0.05) is 19.6 Å². The first-order chi connectivity index (χ1) is 24.0. The minimum absolute atomic E-state index is 0.103. The first-order valence-electron chi connectivity index (χ1n) is 21.0. The molecule has 0 fully saturated rings. The van der Waals surface area contributed by atoms with Crippen molar-refractivity contribution in [1.82, 2.24) is 10.2 Å². The maximum atomic E-state index is 12.4. The van der Waals surface area contributed by atoms with Gasteiger partial charge in [-0.15, -0.1) is 0 Å². The van der Waals surface area contributed by atoms with Crippen molar-refractivity contribution in [3.8, 4) is 0 Å². The van der Waals surface area contributed by atoms with Gasteiger partial charge in [0.2, 0.25) is 0 Å². The van der Waals surface area contributed by atoms with Crippen molar-refractivity contribution in [3.63, 3.8) is 0 Å². The smallest absolute Gasteiger partial charge is 0.407 e. The van der Waals surface area contributed by atoms with E-state index in [9.17, 15) is 9.59 Å². The lowest BCUT2D eigenvalue weighted by Crippen LogP contribution is -2.43. The zero-order valence-corrected chi connectivity index (χ0v) is 33.1. The SMILES string of the molecule is CCCCCCCCC=CCCCCCCCC(=O)OCC(COCCCCCCCCCCCCCCCC)NC(=O)OCCN(C)C. The minimum Gasteiger partial charge on any atom is -0.463 e. The number of rotatable bonds is 38. The number of nitrogens with zero attached hydrogens (tertiary/aromatic N) is 1. The van der Waals surface area contributed by atoms with Gasteiger partial charge in [-0.25, -0.2) is 4.79 Å². The Labute approximate surface area is 304 Å². The Bertz CT molecular complexity index is 730. The summed E-state index contributed by atoms with van der Waals surface area (Å²) in [5.41, 5.74) is 0. The fourth-order valence-electron chi connectivity index (χ4n) is 5.89. The molecule has 0 aliphatic carbocycles. The van der Waals surface area contributed by atoms with Gasteiger partial charge in [0.25, 0.3) is 0 Å². The third-order valence-corrected chi connectivity index (χ3v) is 9.14. The molecule has 1 N–H and O–H groups in total. The van der Waals surface area contributed by atoms with Crippen LogP contribution in [-0.2, 0) is 19.0 Å². The van der Waals surface area contributed by atoms with Crippen molar-refractivity contribution < 1.29 is 23.8 Å². The van der Waals surface area contributed by atoms with Gasteiger partial charge in [-0.2, -0.15) is 0 Å². The van der Waals surface area contributed by atoms with Gasteiger partial charge in [0.15, 0.2) is 0 Å². The number of esters is 1. The highest BCUT2D eigenvalue weighted by Gasteiger charge is 2.16. The molecule has 0 aromatic heterocycles. The summed E-state index contributed by atoms with van der Waals surface area (Å²) in [6.45, 7) is 6.56. The molecule has 0 saturated heterocycles. The van der Waals surface area contributed by atoms with E-state index in [-0.39, 0.29) is 12.6 Å². The summed E-state index contributed by atoms with van der Waals surface area (Å²) in [7, 11) is 3.87. The fourth-order valence-corrected chi connectivity index (χ4v) is 5.89. The number of ether oxygens (including phenoxy) is 3. The normalized spacial score (nSPS) is 12.2. The van der Waals surface area contributed by atoms with Crippen LogP contribution in [0.2, 0.25) is 0 Å². The first kappa shape index (κ1) is 47.4. The minimum atomic E-state index is -0.500. The van der Waals surface area contributed by atoms with Crippen molar-refractivity contribution in [2.75, 3.05) is 47.1 Å². The fraction of sp³-hybridized carbons (Fsp3) is 0.905. The molecule has 0 radical (unpaired) electrons. The molecule has 0 aliphatic rings. The summed E-state index contributed by atoms with van der Waals surface area (Å²) in [5.74, 6) is -0.211. The summed E-state index contributed by atoms with van der Waals surface area (Å²) >= 11 is 0. The second kappa shape index (κ2) is 39.2. The molecule has 0 saturated carbocycles. The number of amides is 1. The van der Waals surface area contributed by atoms with E-state index in [4.69, 9.17) is 14.2 Å². The number of allylic oxidation sites excluding steroid dienone is 2. The Morgan fingerprint density at radius 2 is 1.00 bits per heavy atom. The zero-order chi connectivity index (χ0) is 35.9. The number of carbonyl (C=O) groups is 2. The van der Waals surface area contributed by atoms with E-state index in [1.165, 1.54) is 135 Å². The summed E-state index contributed by atoms with van der Waals surface area (Å²) in [5, 5.41) is 2.83. The van der Waals surface area contributed by atoms with Gasteiger partial charge < -0.3 is 24.4 Å². The van der Waals surface area contributed by atoms with Crippen molar-refractivity contribution >= 4 is 12.1 Å². The van der Waals surface area contributed by atoms with Gasteiger partial charge >= 0.3 is 12.1 Å². The van der Waals surface area contributed by atoms with E-state index < -0.39 is 12.1 Å². The van der Waals surface area contributed by atoms with E-state index in [0.717, 1.165) is 38.5 Å². The van der Waals surface area contributed by atoms with Gasteiger partial charge in [-0.05, 0) is 52.6 Å². The molecule has 0 aliphatic heterocycles. The van der Waals surface area contributed by atoms with Crippen LogP contribution in [0.3, 0.4) is 0 Å². The molecule has 7 heteroatoms. The lowest BCUT2D eigenvalue weighted by atomic mass is 10.0. The number of nitrogens with one attached hydrogen (secondary N) is 1. The van der Waals surface area contributed by atoms with Crippen LogP contribution in [0.15, 0.2) is 12.2 Å². The maximum Gasteiger partial charge on any atom is 0.407 e. The van der Waals surface area contributed by atoms with Crippen molar-refractivity contribution in [2.45, 2.75) is 200 Å². The topological polar surface area (TPSA) is 77.1 Å². The van der Waals surface area contributed by atoms with E-state index in [2.05, 4.69) is 31.3 Å². The van der Waals surface area contributed by atoms with Gasteiger partial charge in [-0.1, -0.05) is 161 Å². The standard InChI is InChI=1S/C42H82N2O5/c1-5-7-9-11-13-15-17-19-21-22-24-26-28-30-32-34-41(45)49-39-40(43-42(46)48-37-35-44(3)4)38-47-36-33-31-29-27-25-23-20-18-16-14-12-10-8-6-2/h19,21,40H,5-18,20,22-39H2,1-4H3,(H,43,46). The lowest BCUT2D eigenvalue weighted by molar-refractivity contribution is -0.145. The number of hydrogen-bond acceptors (Lipinski definition) is 6. The van der Waals surface area contributed by atoms with E-state index in [1.54, 1.807) is 0 Å². The molecule has 0 bridgehead atoms. The number of likely N-dealkylation sites (N-methyl/N-ethyl adjacent to an activating group) is 1. The van der Waals surface area contributed by atoms with Crippen LogP contribution in [-0.4, -0.2) is 70.1 Å². The predicted octanol–water partition coefficient (Wildman–Crippen LogP) is 11.7. The molecule has 0 aromatic carbocycles. The van der Waals surface area contributed by atoms with E-state index in [1.807, 2.05) is 19.0 Å². The molecule has 0 heterocycles. The summed E-state index contributed by atoms with van der Waals surface area (Å²) in [6.07, 6.45) is 39.1. The molecule has 1 atom stereocenters. The Morgan fingerprint density at radius 3 is 1.49 bits per heavy atom. The highest BCUT2D eigenvalue weighted by molar-refractivity contribution is 5.69. The van der Waals surface area contributed by atoms with Crippen LogP contribution in [0.1, 0.15) is 194 Å². The van der Waals surface area contributed by atoms with Crippen LogP contribution in [0, 0.1) is 0 Å². The quantitative estimate of drug-likeness (QED) is 0.0394. The third kappa shape index (κ3) is 39.0. The van der Waals surface area contributed by atoms with Crippen molar-refractivity contribution in [3.05, 3.63) is 12.2 Å². The van der Waals surface area contributed by atoms with Crippen LogP contribution in [0.4, 0.5) is 4.79 Å². The largest absolute Gasteiger partial charge is 0.463 e. The Morgan fingerprint density at radius 1 is 0.551 bits per heavy atom. The molecular weight excluding hydrogens is 612 g/mol. The summed E-state index contributed by atoms with van der Waals surface area (Å²) in [4.78, 5) is 26.7. The van der Waals surface area contributed by atoms with Gasteiger partial charge in [0.1, 0.15) is 13.2 Å². The summed E-state index contributed by atoms with van der Waals surface area (Å²) in [6, 6.07) is -0.420. The lowest BCUT2D eigenvalue weighted by Gasteiger charge is -2.19. The molecule has 1 unspecified atom stereocenters. The molecular formula is C42H82N2O5. The van der Waals surface area contributed by atoms with Crippen molar-refractivity contribution in [1.29, 1.82) is 0 Å². The highest BCUT2D eigenvalue weighted by atomic mass is 16.6. The number of hydrogen-bond donors (Lipinski definition) is 1. The number of unbranched alkanes of at least 4 members (excludes halogenated alkanes) is 24. The van der Waals surface area contributed by atoms with Crippen LogP contribution < -0.4 is 5.32 Å². The Kier molecular flexibility index (Phi) is 37.9. The first-order valence-corrected chi connectivity index (χ1v) is 21.0. The molecule has 0 rings (SSSR count). The van der Waals surface area contributed by atoms with E-state index in [0.29, 0.717) is 32.8 Å². The number of alkyl carbamates (subject to hydrolysis) is 1. The molecule has 7 nitrogen and oxygen atoms in total. The average Bonchev–Trinajstić information content (AvgIpc) is 3.08. The van der Waals surface area contributed by atoms with Crippen LogP contribution in [0.25, 0.3) is 0 Å². The molecule has 0 spiro atoms. The molecule has 290 valence electrons. The van der Waals surface area contributed by atoms with E-state index >= 15 is 0 Å². The molecule has 0 aromatic rings. The van der Waals surface area contributed by atoms with Crippen molar-refractivity contribution in [2.24, 2.45) is 0 Å². The summed E-state index contributed by atoms with van der Waals surface area (Å²) < 4.78 is 16.7. The van der Waals surface area contributed by atoms with Gasteiger partial charge in [0.05, 0.1) is 12.6 Å². The monoisotopic (exact) mass is 695 g/mol. The van der Waals surface area contributed by atoms with Crippen LogP contribution in [0.5, 0.6) is 0 Å². The Balaban J connectivity index is 4.01. The van der Waals surface area contributed by atoms with Crippen LogP contribution >= 0.6 is 0 Å². The average molecular weight is 695 g/mol. The second-order valence-electron chi connectivity index (χ2n) is 14.5. The maximum absolute atomic E-state index is 12.4. The Hall–Kier alpha value is -1.60.